The van der Waals surface area contributed by atoms with E-state index in [1.165, 1.54) is 9.80 Å². The quantitative estimate of drug-likeness (QED) is 0.794. The van der Waals surface area contributed by atoms with Crippen molar-refractivity contribution in [3.8, 4) is 0 Å². The lowest BCUT2D eigenvalue weighted by Crippen LogP contribution is -2.33. The number of halogens is 2. The van der Waals surface area contributed by atoms with Gasteiger partial charge in [0.25, 0.3) is 0 Å². The predicted molar refractivity (Wildman–Crippen MR) is 87.3 cm³/mol. The van der Waals surface area contributed by atoms with Crippen molar-refractivity contribution in [3.05, 3.63) is 33.8 Å². The maximum atomic E-state index is 11.8. The molecule has 0 saturated carbocycles. The van der Waals surface area contributed by atoms with Gasteiger partial charge in [0.15, 0.2) is 0 Å². The fourth-order valence-electron chi connectivity index (χ4n) is 2.23. The number of hydrogen-bond acceptors (Lipinski definition) is 3. The van der Waals surface area contributed by atoms with E-state index in [4.69, 9.17) is 23.2 Å². The van der Waals surface area contributed by atoms with E-state index in [-0.39, 0.29) is 37.4 Å². The second kappa shape index (κ2) is 7.66. The average Bonchev–Trinajstić information content (AvgIpc) is 2.72. The number of hydrogen-bond donors (Lipinski definition) is 1. The van der Waals surface area contributed by atoms with Crippen LogP contribution >= 0.6 is 23.2 Å². The van der Waals surface area contributed by atoms with E-state index in [2.05, 4.69) is 5.32 Å². The van der Waals surface area contributed by atoms with Crippen molar-refractivity contribution >= 4 is 41.0 Å². The molecule has 1 aliphatic rings. The molecule has 2 rings (SSSR count). The molecular weight excluding hydrogens is 341 g/mol. The van der Waals surface area contributed by atoms with Crippen LogP contribution in [0.1, 0.15) is 18.4 Å². The van der Waals surface area contributed by atoms with Gasteiger partial charge in [0.05, 0.1) is 0 Å². The molecule has 1 aromatic carbocycles. The van der Waals surface area contributed by atoms with Gasteiger partial charge >= 0.3 is 6.03 Å². The van der Waals surface area contributed by atoms with Gasteiger partial charge in [-0.2, -0.15) is 0 Å². The Balaban J connectivity index is 1.73. The summed E-state index contributed by atoms with van der Waals surface area (Å²) >= 11 is 11.8. The van der Waals surface area contributed by atoms with E-state index >= 15 is 0 Å². The number of nitrogens with zero attached hydrogens (tertiary/aromatic N) is 2. The van der Waals surface area contributed by atoms with Crippen LogP contribution < -0.4 is 5.32 Å². The van der Waals surface area contributed by atoms with E-state index in [1.807, 2.05) is 0 Å². The zero-order valence-corrected chi connectivity index (χ0v) is 14.2. The molecule has 1 heterocycles. The van der Waals surface area contributed by atoms with Gasteiger partial charge in [0.2, 0.25) is 11.8 Å². The zero-order chi connectivity index (χ0) is 17.0. The molecule has 0 unspecified atom stereocenters. The van der Waals surface area contributed by atoms with E-state index in [0.717, 1.165) is 5.56 Å². The molecule has 1 aliphatic heterocycles. The van der Waals surface area contributed by atoms with Gasteiger partial charge in [-0.05, 0) is 24.1 Å². The Kier molecular flexibility index (Phi) is 5.85. The van der Waals surface area contributed by atoms with Crippen LogP contribution in [0.15, 0.2) is 18.2 Å². The van der Waals surface area contributed by atoms with Crippen LogP contribution in [0.5, 0.6) is 0 Å². The molecule has 1 saturated heterocycles. The van der Waals surface area contributed by atoms with Gasteiger partial charge in [-0.15, -0.1) is 0 Å². The van der Waals surface area contributed by atoms with E-state index in [1.54, 1.807) is 25.2 Å². The van der Waals surface area contributed by atoms with E-state index in [0.29, 0.717) is 23.0 Å². The van der Waals surface area contributed by atoms with Crippen LogP contribution in [-0.2, 0) is 16.1 Å². The smallest absolute Gasteiger partial charge is 0.326 e. The second-order valence-electron chi connectivity index (χ2n) is 5.30. The molecule has 1 aromatic rings. The minimum absolute atomic E-state index is 0.0973. The van der Waals surface area contributed by atoms with Crippen LogP contribution in [0, 0.1) is 0 Å². The molecule has 0 aromatic heterocycles. The number of likely N-dealkylation sites (N-methyl/N-ethyl adjacent to an activating group) is 1. The minimum atomic E-state index is -0.316. The third-order valence-electron chi connectivity index (χ3n) is 3.51. The maximum absolute atomic E-state index is 11.8. The summed E-state index contributed by atoms with van der Waals surface area (Å²) in [6.45, 7) is 0.649. The third-order valence-corrected chi connectivity index (χ3v) is 4.09. The summed E-state index contributed by atoms with van der Waals surface area (Å²) in [7, 11) is 1.57. The lowest BCUT2D eigenvalue weighted by molar-refractivity contribution is -0.126. The molecule has 6 nitrogen and oxygen atoms in total. The molecule has 0 bridgehead atoms. The zero-order valence-electron chi connectivity index (χ0n) is 12.6. The molecular formula is C15H17Cl2N3O3. The Labute approximate surface area is 144 Å². The molecule has 0 radical (unpaired) electrons. The molecule has 8 heteroatoms. The van der Waals surface area contributed by atoms with Crippen LogP contribution in [0.3, 0.4) is 0 Å². The number of nitrogens with one attached hydrogen (secondary N) is 1. The molecule has 124 valence electrons. The highest BCUT2D eigenvalue weighted by molar-refractivity contribution is 6.35. The average molecular weight is 358 g/mol. The molecule has 0 atom stereocenters. The number of benzene rings is 1. The fourth-order valence-corrected chi connectivity index (χ4v) is 2.71. The fraction of sp³-hybridized carbons (Fsp3) is 0.400. The van der Waals surface area contributed by atoms with Crippen LogP contribution in [0.2, 0.25) is 10.0 Å². The highest BCUT2D eigenvalue weighted by atomic mass is 35.5. The van der Waals surface area contributed by atoms with Gasteiger partial charge in [-0.3, -0.25) is 14.5 Å². The number of rotatable bonds is 6. The normalized spacial score (nSPS) is 14.6. The predicted octanol–water partition coefficient (Wildman–Crippen LogP) is 2.28. The highest BCUT2D eigenvalue weighted by Crippen LogP contribution is 2.20. The number of carbonyl (C=O) groups excluding carboxylic acids is 3. The number of amides is 4. The largest absolute Gasteiger partial charge is 0.352 e. The summed E-state index contributed by atoms with van der Waals surface area (Å²) < 4.78 is 0. The van der Waals surface area contributed by atoms with Crippen LogP contribution in [0.25, 0.3) is 0 Å². The Morgan fingerprint density at radius 2 is 2.04 bits per heavy atom. The first-order valence-electron chi connectivity index (χ1n) is 7.14. The van der Waals surface area contributed by atoms with Gasteiger partial charge in [-0.25, -0.2) is 4.79 Å². The highest BCUT2D eigenvalue weighted by Gasteiger charge is 2.32. The van der Waals surface area contributed by atoms with Crippen molar-refractivity contribution in [2.24, 2.45) is 0 Å². The van der Waals surface area contributed by atoms with E-state index in [9.17, 15) is 14.4 Å². The second-order valence-corrected chi connectivity index (χ2v) is 6.14. The van der Waals surface area contributed by atoms with Gasteiger partial charge in [0.1, 0.15) is 6.54 Å². The molecule has 1 fully saturated rings. The lowest BCUT2D eigenvalue weighted by Gasteiger charge is -2.13. The van der Waals surface area contributed by atoms with Crippen molar-refractivity contribution in [1.82, 2.24) is 15.1 Å². The summed E-state index contributed by atoms with van der Waals surface area (Å²) in [6, 6.07) is 4.76. The van der Waals surface area contributed by atoms with Crippen LogP contribution in [-0.4, -0.2) is 47.8 Å². The van der Waals surface area contributed by atoms with Gasteiger partial charge < -0.3 is 10.2 Å². The number of carbonyl (C=O) groups is 3. The first-order valence-corrected chi connectivity index (χ1v) is 7.90. The Morgan fingerprint density at radius 3 is 2.65 bits per heavy atom. The third kappa shape index (κ3) is 4.59. The number of urea groups is 1. The lowest BCUT2D eigenvalue weighted by atomic mass is 10.2. The Hall–Kier alpha value is -1.79. The van der Waals surface area contributed by atoms with Crippen molar-refractivity contribution in [2.75, 3.05) is 20.1 Å². The van der Waals surface area contributed by atoms with Gasteiger partial charge in [0, 0.05) is 36.6 Å². The standard InChI is InChI=1S/C15H17Cl2N3O3/c1-19-9-14(22)20(15(19)23)6-2-3-13(21)18-8-10-4-5-11(16)7-12(10)17/h4-5,7H,2-3,6,8-9H2,1H3,(H,18,21). The van der Waals surface area contributed by atoms with Crippen LogP contribution in [0.4, 0.5) is 4.79 Å². The Bertz CT molecular complexity index is 636. The van der Waals surface area contributed by atoms with Gasteiger partial charge in [-0.1, -0.05) is 29.3 Å². The molecule has 0 spiro atoms. The van der Waals surface area contributed by atoms with E-state index < -0.39 is 0 Å². The Morgan fingerprint density at radius 1 is 1.30 bits per heavy atom. The minimum Gasteiger partial charge on any atom is -0.352 e. The SMILES string of the molecule is CN1CC(=O)N(CCCC(=O)NCc2ccc(Cl)cc2Cl)C1=O. The van der Waals surface area contributed by atoms with Crippen molar-refractivity contribution < 1.29 is 14.4 Å². The monoisotopic (exact) mass is 357 g/mol. The summed E-state index contributed by atoms with van der Waals surface area (Å²) in [5.74, 6) is -0.394. The van der Waals surface area contributed by atoms with Crippen molar-refractivity contribution in [2.45, 2.75) is 19.4 Å². The maximum Gasteiger partial charge on any atom is 0.326 e. The van der Waals surface area contributed by atoms with Crippen molar-refractivity contribution in [1.29, 1.82) is 0 Å². The molecule has 4 amide bonds. The van der Waals surface area contributed by atoms with Crippen molar-refractivity contribution in [3.63, 3.8) is 0 Å². The molecule has 23 heavy (non-hydrogen) atoms. The summed E-state index contributed by atoms with van der Waals surface area (Å²) in [5, 5.41) is 3.78. The molecule has 0 aliphatic carbocycles. The summed E-state index contributed by atoms with van der Waals surface area (Å²) in [6.07, 6.45) is 0.650. The number of imide groups is 1. The topological polar surface area (TPSA) is 69.7 Å². The summed E-state index contributed by atoms with van der Waals surface area (Å²) in [4.78, 5) is 37.6. The summed E-state index contributed by atoms with van der Waals surface area (Å²) in [5.41, 5.74) is 0.774. The first kappa shape index (κ1) is 17.6. The molecule has 1 N–H and O–H groups in total. The first-order chi connectivity index (χ1) is 10.9.